The number of carbonyl (C=O) groups excluding carboxylic acids is 1. The second kappa shape index (κ2) is 7.61. The fraction of sp³-hybridized carbons (Fsp3) is 0.375. The summed E-state index contributed by atoms with van der Waals surface area (Å²) in [5.74, 6) is 0. The first kappa shape index (κ1) is 16.0. The number of hydrogen-bond donors (Lipinski definition) is 1. The molecule has 1 aromatic carbocycles. The average molecular weight is 304 g/mol. The molecule has 0 radical (unpaired) electrons. The van der Waals surface area contributed by atoms with Crippen LogP contribution in [0.1, 0.15) is 18.9 Å². The van der Waals surface area contributed by atoms with Gasteiger partial charge in [0.05, 0.1) is 24.1 Å². The molecule has 6 nitrogen and oxygen atoms in total. The molecule has 1 heterocycles. The molecular weight excluding hydrogens is 284 g/mol. The first-order chi connectivity index (χ1) is 10.7. The van der Waals surface area contributed by atoms with Crippen LogP contribution in [0.2, 0.25) is 0 Å². The van der Waals surface area contributed by atoms with Gasteiger partial charge in [0.2, 0.25) is 0 Å². The number of aryl methyl sites for hydroxylation is 1. The lowest BCUT2D eigenvalue weighted by molar-refractivity contribution is 0.151. The highest BCUT2D eigenvalue weighted by molar-refractivity contribution is 5.87. The van der Waals surface area contributed by atoms with Gasteiger partial charge in [0, 0.05) is 6.61 Å². The number of benzene rings is 1. The minimum absolute atomic E-state index is 0.253. The number of ether oxygens (including phenoxy) is 2. The molecule has 0 saturated carbocycles. The standard InChI is InChI=1S/C16H20N2O4/c1-3-9-21-10-5-6-12-7-8-14-13(11-12)15(19)17-18(14)16(20)22-4-2/h3,7-8,11H,1,4-6,9-10H2,2H3,(H,17,19). The van der Waals surface area contributed by atoms with Gasteiger partial charge >= 0.3 is 6.09 Å². The Morgan fingerprint density at radius 3 is 3.00 bits per heavy atom. The van der Waals surface area contributed by atoms with Crippen LogP contribution in [-0.2, 0) is 15.9 Å². The van der Waals surface area contributed by atoms with Gasteiger partial charge in [-0.2, -0.15) is 4.68 Å². The molecule has 6 heteroatoms. The van der Waals surface area contributed by atoms with Crippen molar-refractivity contribution in [3.05, 3.63) is 46.8 Å². The lowest BCUT2D eigenvalue weighted by Crippen LogP contribution is -2.17. The summed E-state index contributed by atoms with van der Waals surface area (Å²) in [7, 11) is 0. The van der Waals surface area contributed by atoms with E-state index < -0.39 is 6.09 Å². The summed E-state index contributed by atoms with van der Waals surface area (Å²) >= 11 is 0. The van der Waals surface area contributed by atoms with Crippen molar-refractivity contribution in [1.82, 2.24) is 9.78 Å². The smallest absolute Gasteiger partial charge is 0.433 e. The zero-order valence-electron chi connectivity index (χ0n) is 12.6. The van der Waals surface area contributed by atoms with Crippen molar-refractivity contribution in [2.75, 3.05) is 19.8 Å². The normalized spacial score (nSPS) is 10.8. The molecule has 0 fully saturated rings. The van der Waals surface area contributed by atoms with Gasteiger partial charge in [-0.25, -0.2) is 4.79 Å². The SMILES string of the molecule is C=CCOCCCc1ccc2c(c1)c(=O)[nH]n2C(=O)OCC. The third kappa shape index (κ3) is 3.65. The van der Waals surface area contributed by atoms with Gasteiger partial charge in [-0.3, -0.25) is 9.89 Å². The Hall–Kier alpha value is -2.34. The second-order valence-corrected chi connectivity index (χ2v) is 4.79. The molecule has 1 N–H and O–H groups in total. The highest BCUT2D eigenvalue weighted by atomic mass is 16.6. The molecule has 2 aromatic rings. The fourth-order valence-corrected chi connectivity index (χ4v) is 2.21. The number of rotatable bonds is 7. The summed E-state index contributed by atoms with van der Waals surface area (Å²) in [4.78, 5) is 23.7. The summed E-state index contributed by atoms with van der Waals surface area (Å²) in [5, 5.41) is 2.98. The quantitative estimate of drug-likeness (QED) is 0.630. The Morgan fingerprint density at radius 2 is 2.27 bits per heavy atom. The van der Waals surface area contributed by atoms with Crippen LogP contribution in [0.25, 0.3) is 10.9 Å². The second-order valence-electron chi connectivity index (χ2n) is 4.79. The molecule has 0 saturated heterocycles. The summed E-state index contributed by atoms with van der Waals surface area (Å²) in [6.45, 7) is 6.74. The van der Waals surface area contributed by atoms with Crippen LogP contribution >= 0.6 is 0 Å². The van der Waals surface area contributed by atoms with Crippen LogP contribution < -0.4 is 5.56 Å². The first-order valence-electron chi connectivity index (χ1n) is 7.26. The topological polar surface area (TPSA) is 73.3 Å². The highest BCUT2D eigenvalue weighted by Gasteiger charge is 2.13. The van der Waals surface area contributed by atoms with Crippen molar-refractivity contribution < 1.29 is 14.3 Å². The largest absolute Gasteiger partial charge is 0.448 e. The Bertz CT molecular complexity index is 714. The molecule has 0 bridgehead atoms. The number of carbonyl (C=O) groups is 1. The minimum atomic E-state index is -0.583. The molecule has 22 heavy (non-hydrogen) atoms. The molecular formula is C16H20N2O4. The maximum absolute atomic E-state index is 12.0. The van der Waals surface area contributed by atoms with E-state index in [1.807, 2.05) is 6.07 Å². The zero-order chi connectivity index (χ0) is 15.9. The van der Waals surface area contributed by atoms with E-state index in [4.69, 9.17) is 9.47 Å². The summed E-state index contributed by atoms with van der Waals surface area (Å²) in [6, 6.07) is 5.46. The van der Waals surface area contributed by atoms with E-state index in [2.05, 4.69) is 11.7 Å². The molecule has 0 aliphatic carbocycles. The van der Waals surface area contributed by atoms with Crippen LogP contribution in [0.3, 0.4) is 0 Å². The van der Waals surface area contributed by atoms with Crippen LogP contribution in [0.4, 0.5) is 4.79 Å². The zero-order valence-corrected chi connectivity index (χ0v) is 12.6. The van der Waals surface area contributed by atoms with Crippen molar-refractivity contribution in [2.45, 2.75) is 19.8 Å². The highest BCUT2D eigenvalue weighted by Crippen LogP contribution is 2.14. The number of aromatic amines is 1. The third-order valence-corrected chi connectivity index (χ3v) is 3.20. The van der Waals surface area contributed by atoms with E-state index in [0.717, 1.165) is 23.1 Å². The van der Waals surface area contributed by atoms with E-state index in [-0.39, 0.29) is 12.2 Å². The number of aromatic nitrogens is 2. The van der Waals surface area contributed by atoms with Gasteiger partial charge in [-0.15, -0.1) is 6.58 Å². The van der Waals surface area contributed by atoms with E-state index in [1.165, 1.54) is 0 Å². The van der Waals surface area contributed by atoms with Crippen LogP contribution in [0.5, 0.6) is 0 Å². The number of fused-ring (bicyclic) bond motifs is 1. The minimum Gasteiger partial charge on any atom is -0.448 e. The molecule has 0 amide bonds. The van der Waals surface area contributed by atoms with Crippen LogP contribution in [0.15, 0.2) is 35.6 Å². The lowest BCUT2D eigenvalue weighted by Gasteiger charge is -2.04. The molecule has 0 unspecified atom stereocenters. The molecule has 118 valence electrons. The molecule has 0 spiro atoms. The molecule has 0 atom stereocenters. The molecule has 0 aliphatic heterocycles. The van der Waals surface area contributed by atoms with E-state index in [0.29, 0.717) is 24.1 Å². The number of hydrogen-bond acceptors (Lipinski definition) is 4. The Kier molecular flexibility index (Phi) is 5.55. The Labute approximate surface area is 128 Å². The third-order valence-electron chi connectivity index (χ3n) is 3.20. The maximum atomic E-state index is 12.0. The van der Waals surface area contributed by atoms with Gasteiger partial charge in [-0.05, 0) is 37.5 Å². The molecule has 1 aromatic heterocycles. The van der Waals surface area contributed by atoms with Crippen molar-refractivity contribution in [2.24, 2.45) is 0 Å². The number of H-pyrrole nitrogens is 1. The summed E-state index contributed by atoms with van der Waals surface area (Å²) < 4.78 is 11.4. The van der Waals surface area contributed by atoms with E-state index >= 15 is 0 Å². The predicted octanol–water partition coefficient (Wildman–Crippen LogP) is 2.47. The monoisotopic (exact) mass is 304 g/mol. The van der Waals surface area contributed by atoms with Gasteiger partial charge < -0.3 is 9.47 Å². The van der Waals surface area contributed by atoms with Crippen molar-refractivity contribution in [3.8, 4) is 0 Å². The van der Waals surface area contributed by atoms with Crippen LogP contribution in [-0.4, -0.2) is 35.7 Å². The van der Waals surface area contributed by atoms with Gasteiger partial charge in [0.1, 0.15) is 0 Å². The maximum Gasteiger partial charge on any atom is 0.433 e. The van der Waals surface area contributed by atoms with Gasteiger partial charge in [0.15, 0.2) is 0 Å². The van der Waals surface area contributed by atoms with Crippen molar-refractivity contribution in [3.63, 3.8) is 0 Å². The fourth-order valence-electron chi connectivity index (χ4n) is 2.21. The predicted molar refractivity (Wildman–Crippen MR) is 84.3 cm³/mol. The lowest BCUT2D eigenvalue weighted by atomic mass is 10.1. The van der Waals surface area contributed by atoms with Crippen molar-refractivity contribution >= 4 is 17.0 Å². The first-order valence-corrected chi connectivity index (χ1v) is 7.26. The Morgan fingerprint density at radius 1 is 1.45 bits per heavy atom. The summed E-state index contributed by atoms with van der Waals surface area (Å²) in [6.07, 6.45) is 2.79. The molecule has 2 rings (SSSR count). The molecule has 0 aliphatic rings. The summed E-state index contributed by atoms with van der Waals surface area (Å²) in [5.41, 5.74) is 1.25. The van der Waals surface area contributed by atoms with Gasteiger partial charge in [-0.1, -0.05) is 12.1 Å². The van der Waals surface area contributed by atoms with Gasteiger partial charge in [0.25, 0.3) is 5.56 Å². The number of nitrogens with zero attached hydrogens (tertiary/aromatic N) is 1. The van der Waals surface area contributed by atoms with Crippen LogP contribution in [0, 0.1) is 0 Å². The average Bonchev–Trinajstić information content (AvgIpc) is 2.84. The van der Waals surface area contributed by atoms with Crippen molar-refractivity contribution in [1.29, 1.82) is 0 Å². The number of nitrogens with one attached hydrogen (secondary N) is 1. The van der Waals surface area contributed by atoms with E-state index in [9.17, 15) is 9.59 Å². The Balaban J connectivity index is 2.14. The van der Waals surface area contributed by atoms with E-state index in [1.54, 1.807) is 25.1 Å².